The third-order valence-electron chi connectivity index (χ3n) is 9.73. The smallest absolute Gasteiger partial charge is 0.0701 e. The molecule has 274 valence electrons. The summed E-state index contributed by atoms with van der Waals surface area (Å²) >= 11 is 0. The van der Waals surface area contributed by atoms with E-state index in [-0.39, 0.29) is 0 Å². The highest BCUT2D eigenvalue weighted by molar-refractivity contribution is 6.09. The Kier molecular flexibility index (Phi) is 13.3. The Morgan fingerprint density at radius 3 is 1.79 bits per heavy atom. The van der Waals surface area contributed by atoms with Crippen molar-refractivity contribution in [3.05, 3.63) is 138 Å². The first-order valence-electron chi connectivity index (χ1n) is 19.5. The van der Waals surface area contributed by atoms with Crippen molar-refractivity contribution in [2.24, 2.45) is 0 Å². The van der Waals surface area contributed by atoms with Crippen molar-refractivity contribution in [3.8, 4) is 22.5 Å². The minimum atomic E-state index is 0.605. The van der Waals surface area contributed by atoms with Gasteiger partial charge in [-0.1, -0.05) is 107 Å². The SMILES string of the molecule is CC.CC.COCCOCCOCCCc1ccc2c(c1)c1ccccc1n2-c1ccc(-c2ccc(-n3c4c(c5ccccc53)C=CCC4)cc2)cc1. The number of aromatic nitrogens is 2. The Balaban J connectivity index is 0.00000116. The minimum absolute atomic E-state index is 0.605. The molecule has 0 atom stereocenters. The minimum Gasteiger partial charge on any atom is -0.382 e. The number of rotatable bonds is 13. The molecule has 0 fully saturated rings. The van der Waals surface area contributed by atoms with Gasteiger partial charge >= 0.3 is 0 Å². The molecule has 2 aromatic heterocycles. The van der Waals surface area contributed by atoms with Crippen LogP contribution in [0.4, 0.5) is 0 Å². The van der Waals surface area contributed by atoms with E-state index >= 15 is 0 Å². The fourth-order valence-corrected chi connectivity index (χ4v) is 7.37. The second-order valence-electron chi connectivity index (χ2n) is 12.8. The molecule has 8 rings (SSSR count). The molecule has 2 heterocycles. The summed E-state index contributed by atoms with van der Waals surface area (Å²) in [5, 5.41) is 3.89. The summed E-state index contributed by atoms with van der Waals surface area (Å²) in [7, 11) is 1.68. The molecule has 5 heteroatoms. The summed E-state index contributed by atoms with van der Waals surface area (Å²) in [6.45, 7) is 11.2. The van der Waals surface area contributed by atoms with Crippen molar-refractivity contribution in [2.45, 2.75) is 53.4 Å². The molecule has 0 amide bonds. The lowest BCUT2D eigenvalue weighted by molar-refractivity contribution is 0.0244. The van der Waals surface area contributed by atoms with Crippen LogP contribution in [0.5, 0.6) is 0 Å². The van der Waals surface area contributed by atoms with Gasteiger partial charge in [-0.2, -0.15) is 0 Å². The zero-order valence-corrected chi connectivity index (χ0v) is 32.1. The number of allylic oxidation sites excluding steroid dienone is 1. The number of hydrogen-bond donors (Lipinski definition) is 0. The van der Waals surface area contributed by atoms with Crippen LogP contribution in [0, 0.1) is 0 Å². The molecule has 0 spiro atoms. The zero-order chi connectivity index (χ0) is 37.0. The van der Waals surface area contributed by atoms with Gasteiger partial charge in [-0.15, -0.1) is 0 Å². The number of ether oxygens (including phenoxy) is 3. The second-order valence-corrected chi connectivity index (χ2v) is 12.8. The predicted molar refractivity (Wildman–Crippen MR) is 225 cm³/mol. The average molecular weight is 707 g/mol. The van der Waals surface area contributed by atoms with Crippen LogP contribution in [0.1, 0.15) is 57.4 Å². The van der Waals surface area contributed by atoms with Crippen LogP contribution < -0.4 is 0 Å². The number of aryl methyl sites for hydroxylation is 1. The Bertz CT molecular complexity index is 2240. The molecular weight excluding hydrogens is 653 g/mol. The van der Waals surface area contributed by atoms with Gasteiger partial charge < -0.3 is 23.3 Å². The fraction of sp³-hybridized carbons (Fsp3) is 0.292. The first kappa shape index (κ1) is 37.8. The van der Waals surface area contributed by atoms with Crippen molar-refractivity contribution in [3.63, 3.8) is 0 Å². The monoisotopic (exact) mass is 706 g/mol. The maximum absolute atomic E-state index is 5.78. The van der Waals surface area contributed by atoms with E-state index in [0.29, 0.717) is 26.4 Å². The summed E-state index contributed by atoms with van der Waals surface area (Å²) in [6.07, 6.45) is 8.70. The molecule has 0 bridgehead atoms. The first-order chi connectivity index (χ1) is 26.3. The van der Waals surface area contributed by atoms with Gasteiger partial charge in [0.25, 0.3) is 0 Å². The highest BCUT2D eigenvalue weighted by Gasteiger charge is 2.18. The summed E-state index contributed by atoms with van der Waals surface area (Å²) < 4.78 is 21.1. The maximum atomic E-state index is 5.78. The molecule has 1 aliphatic rings. The number of para-hydroxylation sites is 2. The van der Waals surface area contributed by atoms with Crippen molar-refractivity contribution in [2.75, 3.05) is 40.1 Å². The Hall–Kier alpha value is -4.94. The molecule has 0 N–H and O–H groups in total. The summed E-state index contributed by atoms with van der Waals surface area (Å²) in [6, 6.07) is 42.5. The third-order valence-corrected chi connectivity index (χ3v) is 9.73. The molecule has 53 heavy (non-hydrogen) atoms. The topological polar surface area (TPSA) is 37.6 Å². The van der Waals surface area contributed by atoms with Gasteiger partial charge in [0.1, 0.15) is 0 Å². The molecule has 0 aliphatic heterocycles. The van der Waals surface area contributed by atoms with Gasteiger partial charge in [0.05, 0.1) is 43.0 Å². The largest absolute Gasteiger partial charge is 0.382 e. The van der Waals surface area contributed by atoms with Crippen LogP contribution >= 0.6 is 0 Å². The quantitative estimate of drug-likeness (QED) is 0.112. The van der Waals surface area contributed by atoms with Gasteiger partial charge in [-0.3, -0.25) is 0 Å². The molecule has 5 nitrogen and oxygen atoms in total. The van der Waals surface area contributed by atoms with Crippen molar-refractivity contribution in [1.82, 2.24) is 9.13 Å². The van der Waals surface area contributed by atoms with Gasteiger partial charge in [0.2, 0.25) is 0 Å². The molecule has 0 saturated heterocycles. The fourth-order valence-electron chi connectivity index (χ4n) is 7.37. The van der Waals surface area contributed by atoms with E-state index in [1.165, 1.54) is 72.0 Å². The number of nitrogens with zero attached hydrogens (tertiary/aromatic N) is 2. The summed E-state index contributed by atoms with van der Waals surface area (Å²) in [5.41, 5.74) is 12.6. The maximum Gasteiger partial charge on any atom is 0.0701 e. The molecule has 5 aromatic carbocycles. The van der Waals surface area contributed by atoms with E-state index < -0.39 is 0 Å². The normalized spacial score (nSPS) is 12.0. The van der Waals surface area contributed by atoms with Crippen LogP contribution in [-0.2, 0) is 27.1 Å². The van der Waals surface area contributed by atoms with Gasteiger partial charge in [0.15, 0.2) is 0 Å². The van der Waals surface area contributed by atoms with Gasteiger partial charge in [-0.25, -0.2) is 0 Å². The van der Waals surface area contributed by atoms with E-state index in [9.17, 15) is 0 Å². The van der Waals surface area contributed by atoms with Crippen molar-refractivity contribution < 1.29 is 14.2 Å². The van der Waals surface area contributed by atoms with Crippen LogP contribution in [-0.4, -0.2) is 49.3 Å². The number of benzene rings is 5. The molecule has 1 aliphatic carbocycles. The summed E-state index contributed by atoms with van der Waals surface area (Å²) in [4.78, 5) is 0. The zero-order valence-electron chi connectivity index (χ0n) is 32.1. The van der Waals surface area contributed by atoms with Crippen LogP contribution in [0.15, 0.2) is 121 Å². The van der Waals surface area contributed by atoms with Gasteiger partial charge in [0, 0.05) is 52.5 Å². The standard InChI is InChI=1S/C44H42N2O3.2C2H6/c1-47-27-28-49-30-29-48-26-8-9-32-16-25-44-40(31-32)39-12-4-7-15-43(39)46(44)36-23-19-34(20-24-36)33-17-21-35(22-18-33)45-41-13-5-2-10-37(41)38-11-3-6-14-42(38)45;2*1-2/h2-5,7,10-13,15-25,31H,6,8-9,14,26-30H2,1H3;2*1-2H3. The van der Waals surface area contributed by atoms with Crippen molar-refractivity contribution in [1.29, 1.82) is 0 Å². The first-order valence-corrected chi connectivity index (χ1v) is 19.5. The Morgan fingerprint density at radius 1 is 0.547 bits per heavy atom. The van der Waals surface area contributed by atoms with Crippen LogP contribution in [0.25, 0.3) is 61.3 Å². The molecular formula is C48H54N2O3. The molecule has 0 radical (unpaired) electrons. The van der Waals surface area contributed by atoms with E-state index in [1.807, 2.05) is 27.7 Å². The summed E-state index contributed by atoms with van der Waals surface area (Å²) in [5.74, 6) is 0. The molecule has 0 saturated carbocycles. The lowest BCUT2D eigenvalue weighted by Gasteiger charge is -2.14. The number of fused-ring (bicyclic) bond motifs is 6. The van der Waals surface area contributed by atoms with E-state index in [4.69, 9.17) is 14.2 Å². The highest BCUT2D eigenvalue weighted by Crippen LogP contribution is 2.36. The van der Waals surface area contributed by atoms with Crippen molar-refractivity contribution >= 4 is 38.8 Å². The van der Waals surface area contributed by atoms with Crippen LogP contribution in [0.2, 0.25) is 0 Å². The number of methoxy groups -OCH3 is 1. The average Bonchev–Trinajstić information content (AvgIpc) is 3.75. The van der Waals surface area contributed by atoms with E-state index in [1.54, 1.807) is 7.11 Å². The second kappa shape index (κ2) is 18.7. The third kappa shape index (κ3) is 8.18. The Morgan fingerprint density at radius 2 is 1.11 bits per heavy atom. The number of hydrogen-bond acceptors (Lipinski definition) is 3. The predicted octanol–water partition coefficient (Wildman–Crippen LogP) is 12.0. The Labute approximate surface area is 315 Å². The molecule has 7 aromatic rings. The van der Waals surface area contributed by atoms with Crippen LogP contribution in [0.3, 0.4) is 0 Å². The van der Waals surface area contributed by atoms with E-state index in [2.05, 4.69) is 137 Å². The highest BCUT2D eigenvalue weighted by atomic mass is 16.5. The molecule has 0 unspecified atom stereocenters. The lowest BCUT2D eigenvalue weighted by Crippen LogP contribution is -2.09. The van der Waals surface area contributed by atoms with E-state index in [0.717, 1.165) is 32.3 Å². The van der Waals surface area contributed by atoms with Gasteiger partial charge in [-0.05, 0) is 90.9 Å². The lowest BCUT2D eigenvalue weighted by atomic mass is 10.0.